The molecule has 1 amide bonds. The number of rotatable bonds is 3. The molecule has 0 aliphatic heterocycles. The van der Waals surface area contributed by atoms with Crippen molar-refractivity contribution in [3.05, 3.63) is 28.8 Å². The Balaban J connectivity index is 2.81. The van der Waals surface area contributed by atoms with E-state index in [4.69, 9.17) is 22.4 Å². The number of halogens is 1. The highest BCUT2D eigenvalue weighted by atomic mass is 35.5. The number of aliphatic hydroxyl groups excluding tert-OH is 1. The molecule has 0 aliphatic carbocycles. The van der Waals surface area contributed by atoms with Gasteiger partial charge in [0, 0.05) is 10.7 Å². The Morgan fingerprint density at radius 2 is 2.33 bits per heavy atom. The summed E-state index contributed by atoms with van der Waals surface area (Å²) in [5.74, 6) is -0.428. The minimum Gasteiger partial charge on any atom is -0.394 e. The molecule has 5 heteroatoms. The van der Waals surface area contributed by atoms with Crippen LogP contribution >= 0.6 is 11.6 Å². The van der Waals surface area contributed by atoms with Gasteiger partial charge in [-0.15, -0.1) is 0 Å². The van der Waals surface area contributed by atoms with Crippen molar-refractivity contribution < 1.29 is 9.90 Å². The van der Waals surface area contributed by atoms with Crippen LogP contribution in [0.5, 0.6) is 0 Å². The van der Waals surface area contributed by atoms with Gasteiger partial charge in [-0.2, -0.15) is 0 Å². The molecule has 82 valence electrons. The third-order valence-electron chi connectivity index (χ3n) is 2.06. The minimum absolute atomic E-state index is 0.383. The fourth-order valence-electron chi connectivity index (χ4n) is 1.05. The molecule has 0 aliphatic rings. The number of aliphatic hydroxyl groups is 1. The minimum atomic E-state index is -0.914. The van der Waals surface area contributed by atoms with Crippen LogP contribution in [0.1, 0.15) is 5.56 Å². The molecule has 15 heavy (non-hydrogen) atoms. The summed E-state index contributed by atoms with van der Waals surface area (Å²) < 4.78 is 0. The van der Waals surface area contributed by atoms with Crippen molar-refractivity contribution >= 4 is 23.2 Å². The molecule has 0 aromatic heterocycles. The highest BCUT2D eigenvalue weighted by molar-refractivity contribution is 6.31. The highest BCUT2D eigenvalue weighted by Crippen LogP contribution is 2.22. The van der Waals surface area contributed by atoms with Crippen molar-refractivity contribution in [1.29, 1.82) is 0 Å². The third kappa shape index (κ3) is 2.92. The van der Waals surface area contributed by atoms with E-state index < -0.39 is 11.9 Å². The van der Waals surface area contributed by atoms with Crippen molar-refractivity contribution in [3.63, 3.8) is 0 Å². The number of nitrogens with one attached hydrogen (secondary N) is 1. The Hall–Kier alpha value is -1.10. The number of hydrogen-bond donors (Lipinski definition) is 3. The van der Waals surface area contributed by atoms with E-state index in [0.717, 1.165) is 5.56 Å². The van der Waals surface area contributed by atoms with Crippen LogP contribution < -0.4 is 11.1 Å². The summed E-state index contributed by atoms with van der Waals surface area (Å²) in [5, 5.41) is 11.9. The van der Waals surface area contributed by atoms with Crippen LogP contribution in [0.3, 0.4) is 0 Å². The first-order chi connectivity index (χ1) is 7.06. The molecule has 0 fully saturated rings. The van der Waals surface area contributed by atoms with E-state index in [0.29, 0.717) is 10.7 Å². The number of benzene rings is 1. The predicted molar refractivity (Wildman–Crippen MR) is 59.9 cm³/mol. The largest absolute Gasteiger partial charge is 0.394 e. The molecule has 1 atom stereocenters. The maximum atomic E-state index is 11.4. The van der Waals surface area contributed by atoms with Gasteiger partial charge in [-0.25, -0.2) is 0 Å². The second-order valence-corrected chi connectivity index (χ2v) is 3.60. The fraction of sp³-hybridized carbons (Fsp3) is 0.300. The maximum absolute atomic E-state index is 11.4. The van der Waals surface area contributed by atoms with Crippen molar-refractivity contribution in [2.45, 2.75) is 13.0 Å². The molecule has 1 rings (SSSR count). The zero-order chi connectivity index (χ0) is 11.4. The summed E-state index contributed by atoms with van der Waals surface area (Å²) in [7, 11) is 0. The Morgan fingerprint density at radius 1 is 1.67 bits per heavy atom. The van der Waals surface area contributed by atoms with Gasteiger partial charge in [0.05, 0.1) is 6.61 Å². The molecule has 4 nitrogen and oxygen atoms in total. The van der Waals surface area contributed by atoms with Gasteiger partial charge in [0.2, 0.25) is 5.91 Å². The molecular weight excluding hydrogens is 216 g/mol. The van der Waals surface area contributed by atoms with Crippen LogP contribution in [0.15, 0.2) is 18.2 Å². The summed E-state index contributed by atoms with van der Waals surface area (Å²) >= 11 is 5.88. The maximum Gasteiger partial charge on any atom is 0.243 e. The molecule has 0 spiro atoms. The summed E-state index contributed by atoms with van der Waals surface area (Å²) in [5.41, 5.74) is 6.74. The third-order valence-corrected chi connectivity index (χ3v) is 2.47. The van der Waals surface area contributed by atoms with Gasteiger partial charge < -0.3 is 16.2 Å². The first kappa shape index (κ1) is 12.0. The number of hydrogen-bond acceptors (Lipinski definition) is 3. The van der Waals surface area contributed by atoms with E-state index in [-0.39, 0.29) is 6.61 Å². The first-order valence-electron chi connectivity index (χ1n) is 4.48. The van der Waals surface area contributed by atoms with Crippen LogP contribution in [-0.4, -0.2) is 23.7 Å². The molecule has 0 bridgehead atoms. The molecule has 0 heterocycles. The van der Waals surface area contributed by atoms with E-state index in [1.54, 1.807) is 25.1 Å². The molecule has 0 saturated heterocycles. The molecule has 0 saturated carbocycles. The topological polar surface area (TPSA) is 75.4 Å². The van der Waals surface area contributed by atoms with Crippen molar-refractivity contribution in [2.24, 2.45) is 5.73 Å². The average Bonchev–Trinajstić information content (AvgIpc) is 2.23. The number of carbonyl (C=O) groups is 1. The van der Waals surface area contributed by atoms with E-state index in [1.807, 2.05) is 0 Å². The van der Waals surface area contributed by atoms with Gasteiger partial charge in [0.1, 0.15) is 6.04 Å². The van der Waals surface area contributed by atoms with E-state index in [1.165, 1.54) is 0 Å². The van der Waals surface area contributed by atoms with Crippen LogP contribution in [-0.2, 0) is 4.79 Å². The smallest absolute Gasteiger partial charge is 0.243 e. The van der Waals surface area contributed by atoms with Crippen LogP contribution in [0.2, 0.25) is 5.02 Å². The van der Waals surface area contributed by atoms with Gasteiger partial charge in [-0.05, 0) is 24.6 Å². The molecule has 0 radical (unpaired) electrons. The molecular formula is C10H13ClN2O2. The predicted octanol–water partition coefficient (Wildman–Crippen LogP) is 0.907. The van der Waals surface area contributed by atoms with Gasteiger partial charge in [-0.1, -0.05) is 17.7 Å². The highest BCUT2D eigenvalue weighted by Gasteiger charge is 2.13. The summed E-state index contributed by atoms with van der Waals surface area (Å²) in [6.07, 6.45) is 0. The second kappa shape index (κ2) is 5.11. The second-order valence-electron chi connectivity index (χ2n) is 3.19. The molecule has 1 aromatic carbocycles. The lowest BCUT2D eigenvalue weighted by atomic mass is 10.2. The number of amides is 1. The van der Waals surface area contributed by atoms with Crippen molar-refractivity contribution in [1.82, 2.24) is 0 Å². The lowest BCUT2D eigenvalue weighted by Crippen LogP contribution is -2.38. The quantitative estimate of drug-likeness (QED) is 0.720. The standard InChI is InChI=1S/C10H13ClN2O2/c1-6-7(11)3-2-4-9(6)13-10(15)8(12)5-14/h2-4,8,14H,5,12H2,1H3,(H,13,15). The van der Waals surface area contributed by atoms with Gasteiger partial charge in [-0.3, -0.25) is 4.79 Å². The average molecular weight is 229 g/mol. The Kier molecular flexibility index (Phi) is 4.08. The monoisotopic (exact) mass is 228 g/mol. The van der Waals surface area contributed by atoms with Crippen LogP contribution in [0.25, 0.3) is 0 Å². The fourth-order valence-corrected chi connectivity index (χ4v) is 1.23. The van der Waals surface area contributed by atoms with Crippen molar-refractivity contribution in [2.75, 3.05) is 11.9 Å². The van der Waals surface area contributed by atoms with Crippen LogP contribution in [0, 0.1) is 6.92 Å². The van der Waals surface area contributed by atoms with E-state index >= 15 is 0 Å². The normalized spacial score (nSPS) is 12.3. The van der Waals surface area contributed by atoms with E-state index in [9.17, 15) is 4.79 Å². The summed E-state index contributed by atoms with van der Waals surface area (Å²) in [4.78, 5) is 11.4. The molecule has 1 aromatic rings. The SMILES string of the molecule is Cc1c(Cl)cccc1NC(=O)C(N)CO. The molecule has 1 unspecified atom stereocenters. The summed E-state index contributed by atoms with van der Waals surface area (Å²) in [6.45, 7) is 1.41. The number of anilines is 1. The van der Waals surface area contributed by atoms with Gasteiger partial charge >= 0.3 is 0 Å². The number of nitrogens with two attached hydrogens (primary N) is 1. The Labute approximate surface area is 93.0 Å². The van der Waals surface area contributed by atoms with Gasteiger partial charge in [0.25, 0.3) is 0 Å². The van der Waals surface area contributed by atoms with E-state index in [2.05, 4.69) is 5.32 Å². The lowest BCUT2D eigenvalue weighted by molar-refractivity contribution is -0.118. The van der Waals surface area contributed by atoms with Crippen LogP contribution in [0.4, 0.5) is 5.69 Å². The Bertz CT molecular complexity index is 368. The first-order valence-corrected chi connectivity index (χ1v) is 4.86. The summed E-state index contributed by atoms with van der Waals surface area (Å²) in [6, 6.07) is 4.28. The van der Waals surface area contributed by atoms with Gasteiger partial charge in [0.15, 0.2) is 0 Å². The zero-order valence-electron chi connectivity index (χ0n) is 8.33. The Morgan fingerprint density at radius 3 is 2.93 bits per heavy atom. The lowest BCUT2D eigenvalue weighted by Gasteiger charge is -2.12. The van der Waals surface area contributed by atoms with Crippen molar-refractivity contribution in [3.8, 4) is 0 Å². The molecule has 4 N–H and O–H groups in total. The number of carbonyl (C=O) groups excluding carboxylic acids is 1. The zero-order valence-corrected chi connectivity index (χ0v) is 9.08.